The van der Waals surface area contributed by atoms with Crippen molar-refractivity contribution in [2.24, 2.45) is 5.92 Å². The highest BCUT2D eigenvalue weighted by molar-refractivity contribution is 6.02. The van der Waals surface area contributed by atoms with Crippen LogP contribution in [0.5, 0.6) is 0 Å². The van der Waals surface area contributed by atoms with E-state index in [2.05, 4.69) is 6.58 Å². The maximum absolute atomic E-state index is 11.9. The molecular formula is C15H16O6. The van der Waals surface area contributed by atoms with E-state index in [4.69, 9.17) is 14.6 Å². The van der Waals surface area contributed by atoms with Gasteiger partial charge in [-0.15, -0.1) is 0 Å². The molecule has 0 radical (unpaired) electrons. The van der Waals surface area contributed by atoms with E-state index in [1.807, 2.05) is 0 Å². The van der Waals surface area contributed by atoms with Gasteiger partial charge < -0.3 is 14.6 Å². The van der Waals surface area contributed by atoms with Crippen molar-refractivity contribution < 1.29 is 29.0 Å². The molecule has 1 aromatic carbocycles. The first-order valence-corrected chi connectivity index (χ1v) is 6.24. The van der Waals surface area contributed by atoms with Gasteiger partial charge in [-0.3, -0.25) is 0 Å². The van der Waals surface area contributed by atoms with Gasteiger partial charge in [0.2, 0.25) is 0 Å². The number of hydrogen-bond donors (Lipinski definition) is 1. The molecule has 0 heterocycles. The predicted molar refractivity (Wildman–Crippen MR) is 74.0 cm³/mol. The summed E-state index contributed by atoms with van der Waals surface area (Å²) in [7, 11) is 0. The molecule has 0 aromatic heterocycles. The van der Waals surface area contributed by atoms with Gasteiger partial charge in [0.25, 0.3) is 0 Å². The fourth-order valence-corrected chi connectivity index (χ4v) is 1.47. The highest BCUT2D eigenvalue weighted by Crippen LogP contribution is 2.11. The molecule has 0 aliphatic heterocycles. The molecule has 1 atom stereocenters. The number of carbonyl (C=O) groups excluding carboxylic acids is 2. The Balaban J connectivity index is 2.56. The lowest BCUT2D eigenvalue weighted by molar-refractivity contribution is -0.139. The van der Waals surface area contributed by atoms with Crippen LogP contribution in [0.2, 0.25) is 0 Å². The van der Waals surface area contributed by atoms with Crippen LogP contribution in [0.3, 0.4) is 0 Å². The lowest BCUT2D eigenvalue weighted by Crippen LogP contribution is -2.19. The third-order valence-electron chi connectivity index (χ3n) is 2.55. The van der Waals surface area contributed by atoms with Gasteiger partial charge in [-0.25, -0.2) is 14.4 Å². The predicted octanol–water partition coefficient (Wildman–Crippen LogP) is 1.91. The van der Waals surface area contributed by atoms with Crippen LogP contribution in [0.25, 0.3) is 0 Å². The van der Waals surface area contributed by atoms with E-state index in [1.165, 1.54) is 18.2 Å². The third kappa shape index (κ3) is 5.10. The van der Waals surface area contributed by atoms with Crippen LogP contribution >= 0.6 is 0 Å². The first-order valence-electron chi connectivity index (χ1n) is 6.24. The van der Waals surface area contributed by atoms with Gasteiger partial charge >= 0.3 is 17.9 Å². The van der Waals surface area contributed by atoms with Crippen molar-refractivity contribution in [1.82, 2.24) is 0 Å². The number of rotatable bonds is 7. The molecule has 6 nitrogen and oxygen atoms in total. The Morgan fingerprint density at radius 2 is 1.76 bits per heavy atom. The molecule has 0 saturated heterocycles. The second kappa shape index (κ2) is 7.84. The quantitative estimate of drug-likeness (QED) is 0.610. The Bertz CT molecular complexity index is 549. The smallest absolute Gasteiger partial charge is 0.339 e. The lowest BCUT2D eigenvalue weighted by atomic mass is 10.1. The molecule has 0 aliphatic carbocycles. The largest absolute Gasteiger partial charge is 0.478 e. The summed E-state index contributed by atoms with van der Waals surface area (Å²) in [6.07, 6.45) is 1.04. The standard InChI is InChI=1S/C15H16O6/c1-3-13(16)20-8-10(2)9-21-15(19)12-7-5-4-6-11(12)14(17)18/h3-7,10H,1,8-9H2,2H3,(H,17,18). The summed E-state index contributed by atoms with van der Waals surface area (Å²) in [5, 5.41) is 8.99. The monoisotopic (exact) mass is 292 g/mol. The highest BCUT2D eigenvalue weighted by atomic mass is 16.5. The summed E-state index contributed by atoms with van der Waals surface area (Å²) >= 11 is 0. The molecule has 1 unspecified atom stereocenters. The fourth-order valence-electron chi connectivity index (χ4n) is 1.47. The van der Waals surface area contributed by atoms with Crippen molar-refractivity contribution >= 4 is 17.9 Å². The van der Waals surface area contributed by atoms with E-state index in [1.54, 1.807) is 13.0 Å². The first kappa shape index (κ1) is 16.4. The van der Waals surface area contributed by atoms with Crippen molar-refractivity contribution in [3.05, 3.63) is 48.0 Å². The van der Waals surface area contributed by atoms with E-state index in [9.17, 15) is 14.4 Å². The zero-order chi connectivity index (χ0) is 15.8. The Morgan fingerprint density at radius 3 is 2.33 bits per heavy atom. The minimum absolute atomic E-state index is 0.0111. The average molecular weight is 292 g/mol. The van der Waals surface area contributed by atoms with Gasteiger partial charge in [0, 0.05) is 12.0 Å². The van der Waals surface area contributed by atoms with Crippen molar-refractivity contribution in [3.63, 3.8) is 0 Å². The summed E-state index contributed by atoms with van der Waals surface area (Å²) in [5.74, 6) is -2.69. The van der Waals surface area contributed by atoms with Gasteiger partial charge in [0.05, 0.1) is 24.3 Å². The molecule has 0 aliphatic rings. The molecule has 21 heavy (non-hydrogen) atoms. The second-order valence-corrected chi connectivity index (χ2v) is 4.39. The van der Waals surface area contributed by atoms with Crippen molar-refractivity contribution in [3.8, 4) is 0 Å². The highest BCUT2D eigenvalue weighted by Gasteiger charge is 2.18. The Morgan fingerprint density at radius 1 is 1.19 bits per heavy atom. The zero-order valence-corrected chi connectivity index (χ0v) is 11.6. The molecule has 1 N–H and O–H groups in total. The summed E-state index contributed by atoms with van der Waals surface area (Å²) in [6.45, 7) is 5.09. The van der Waals surface area contributed by atoms with Crippen molar-refractivity contribution in [2.75, 3.05) is 13.2 Å². The third-order valence-corrected chi connectivity index (χ3v) is 2.55. The molecule has 0 spiro atoms. The SMILES string of the molecule is C=CC(=O)OCC(C)COC(=O)c1ccccc1C(=O)O. The van der Waals surface area contributed by atoms with E-state index >= 15 is 0 Å². The fraction of sp³-hybridized carbons (Fsp3) is 0.267. The molecule has 0 fully saturated rings. The Labute approximate surface area is 122 Å². The van der Waals surface area contributed by atoms with Gasteiger partial charge in [-0.1, -0.05) is 25.6 Å². The topological polar surface area (TPSA) is 89.9 Å². The van der Waals surface area contributed by atoms with Crippen LogP contribution in [0.1, 0.15) is 27.6 Å². The molecule has 0 bridgehead atoms. The van der Waals surface area contributed by atoms with Gasteiger partial charge in [0.15, 0.2) is 0 Å². The number of benzene rings is 1. The number of carbonyl (C=O) groups is 3. The molecular weight excluding hydrogens is 276 g/mol. The average Bonchev–Trinajstić information content (AvgIpc) is 2.49. The number of esters is 2. The van der Waals surface area contributed by atoms with Crippen LogP contribution in [0.4, 0.5) is 0 Å². The van der Waals surface area contributed by atoms with Gasteiger partial charge in [-0.05, 0) is 12.1 Å². The summed E-state index contributed by atoms with van der Waals surface area (Å²) in [6, 6.07) is 5.79. The molecule has 0 saturated carbocycles. The zero-order valence-electron chi connectivity index (χ0n) is 11.6. The second-order valence-electron chi connectivity index (χ2n) is 4.39. The lowest BCUT2D eigenvalue weighted by Gasteiger charge is -2.12. The molecule has 112 valence electrons. The number of carboxylic acid groups (broad SMARTS) is 1. The summed E-state index contributed by atoms with van der Waals surface area (Å²) < 4.78 is 9.84. The van der Waals surface area contributed by atoms with E-state index in [0.29, 0.717) is 0 Å². The molecule has 6 heteroatoms. The van der Waals surface area contributed by atoms with Gasteiger partial charge in [-0.2, -0.15) is 0 Å². The maximum Gasteiger partial charge on any atom is 0.339 e. The van der Waals surface area contributed by atoms with Crippen molar-refractivity contribution in [1.29, 1.82) is 0 Å². The minimum atomic E-state index is -1.20. The van der Waals surface area contributed by atoms with Gasteiger partial charge in [0.1, 0.15) is 0 Å². The number of aromatic carboxylic acids is 1. The molecule has 1 rings (SSSR count). The minimum Gasteiger partial charge on any atom is -0.478 e. The Hall–Kier alpha value is -2.63. The van der Waals surface area contributed by atoms with Crippen LogP contribution in [-0.2, 0) is 14.3 Å². The summed E-state index contributed by atoms with van der Waals surface area (Å²) in [4.78, 5) is 33.7. The molecule has 0 amide bonds. The van der Waals surface area contributed by atoms with E-state index < -0.39 is 17.9 Å². The normalized spacial score (nSPS) is 11.3. The van der Waals surface area contributed by atoms with Crippen LogP contribution < -0.4 is 0 Å². The molecule has 1 aromatic rings. The van der Waals surface area contributed by atoms with E-state index in [-0.39, 0.29) is 30.3 Å². The van der Waals surface area contributed by atoms with Crippen LogP contribution in [-0.4, -0.2) is 36.2 Å². The van der Waals surface area contributed by atoms with Crippen LogP contribution in [0, 0.1) is 5.92 Å². The van der Waals surface area contributed by atoms with E-state index in [0.717, 1.165) is 6.08 Å². The number of hydrogen-bond acceptors (Lipinski definition) is 5. The Kier molecular flexibility index (Phi) is 6.13. The van der Waals surface area contributed by atoms with Crippen LogP contribution in [0.15, 0.2) is 36.9 Å². The first-order chi connectivity index (χ1) is 9.95. The summed E-state index contributed by atoms with van der Waals surface area (Å²) in [5.41, 5.74) is -0.131. The number of carboxylic acids is 1. The number of ether oxygens (including phenoxy) is 2. The maximum atomic E-state index is 11.9. The van der Waals surface area contributed by atoms with Crippen molar-refractivity contribution in [2.45, 2.75) is 6.92 Å².